The first-order valence-electron chi connectivity index (χ1n) is 13.2. The Bertz CT molecular complexity index is 1840. The third-order valence-corrected chi connectivity index (χ3v) is 7.33. The Labute approximate surface area is 242 Å². The lowest BCUT2D eigenvalue weighted by Gasteiger charge is -2.35. The largest absolute Gasteiger partial charge is 0.394 e. The maximum atomic E-state index is 15.7. The quantitative estimate of drug-likeness (QED) is 0.119. The first-order valence-corrected chi connectivity index (χ1v) is 13.2. The summed E-state index contributed by atoms with van der Waals surface area (Å²) < 4.78 is 75.1. The van der Waals surface area contributed by atoms with Crippen molar-refractivity contribution in [2.45, 2.75) is 26.7 Å². The molecule has 0 spiro atoms. The molecule has 224 valence electrons. The number of halogens is 5. The molecule has 0 bridgehead atoms. The highest BCUT2D eigenvalue weighted by atomic mass is 19.2. The number of fused-ring (bicyclic) bond motifs is 1. The summed E-state index contributed by atoms with van der Waals surface area (Å²) in [6, 6.07) is 2.50. The summed E-state index contributed by atoms with van der Waals surface area (Å²) in [6.07, 6.45) is 2.72. The summed E-state index contributed by atoms with van der Waals surface area (Å²) in [5, 5.41) is -0.0151. The van der Waals surface area contributed by atoms with Crippen LogP contribution in [0.5, 0.6) is 0 Å². The van der Waals surface area contributed by atoms with Crippen molar-refractivity contribution in [1.82, 2.24) is 24.4 Å². The molecule has 14 heteroatoms. The summed E-state index contributed by atoms with van der Waals surface area (Å²) in [5.41, 5.74) is 1.74. The number of pyridine rings is 2. The molecule has 4 aromatic rings. The van der Waals surface area contributed by atoms with Crippen LogP contribution in [0, 0.1) is 36.0 Å². The minimum absolute atomic E-state index is 0.0123. The predicted octanol–water partition coefficient (Wildman–Crippen LogP) is 4.39. The first kappa shape index (κ1) is 29.6. The number of aromatic nitrogens is 4. The Morgan fingerprint density at radius 3 is 2.33 bits per heavy atom. The molecule has 1 fully saturated rings. The summed E-state index contributed by atoms with van der Waals surface area (Å²) in [6.45, 7) is 9.75. The molecule has 43 heavy (non-hydrogen) atoms. The fourth-order valence-corrected chi connectivity index (χ4v) is 5.14. The van der Waals surface area contributed by atoms with E-state index in [2.05, 4.69) is 21.5 Å². The Morgan fingerprint density at radius 2 is 1.70 bits per heavy atom. The van der Waals surface area contributed by atoms with E-state index in [-0.39, 0.29) is 60.5 Å². The lowest BCUT2D eigenvalue weighted by Crippen LogP contribution is -2.49. The number of nitrogens with two attached hydrogens (primary N) is 1. The predicted molar refractivity (Wildman–Crippen MR) is 150 cm³/mol. The molecule has 0 aliphatic carbocycles. The van der Waals surface area contributed by atoms with Gasteiger partial charge in [-0.2, -0.15) is 4.98 Å². The molecule has 2 N–H and O–H groups in total. The summed E-state index contributed by atoms with van der Waals surface area (Å²) >= 11 is 0. The van der Waals surface area contributed by atoms with Crippen molar-refractivity contribution >= 4 is 28.4 Å². The normalized spacial score (nSPS) is 13.7. The van der Waals surface area contributed by atoms with Crippen molar-refractivity contribution < 1.29 is 26.7 Å². The van der Waals surface area contributed by atoms with Crippen LogP contribution in [0.4, 0.5) is 33.5 Å². The van der Waals surface area contributed by atoms with Crippen LogP contribution in [-0.2, 0) is 4.79 Å². The van der Waals surface area contributed by atoms with Crippen LogP contribution in [0.3, 0.4) is 0 Å². The zero-order valence-electron chi connectivity index (χ0n) is 23.4. The maximum absolute atomic E-state index is 15.7. The molecular weight excluding hydrogens is 573 g/mol. The zero-order valence-corrected chi connectivity index (χ0v) is 23.4. The Balaban J connectivity index is 1.85. The van der Waals surface area contributed by atoms with E-state index < -0.39 is 51.7 Å². The molecule has 0 radical (unpaired) electrons. The number of piperazine rings is 1. The highest BCUT2D eigenvalue weighted by Gasteiger charge is 2.31. The van der Waals surface area contributed by atoms with Crippen LogP contribution in [0.2, 0.25) is 0 Å². The van der Waals surface area contributed by atoms with Gasteiger partial charge in [0.2, 0.25) is 5.91 Å². The molecule has 1 saturated heterocycles. The van der Waals surface area contributed by atoms with E-state index in [1.54, 1.807) is 24.1 Å². The molecule has 0 unspecified atom stereocenters. The maximum Gasteiger partial charge on any atom is 0.355 e. The van der Waals surface area contributed by atoms with Crippen molar-refractivity contribution in [1.29, 1.82) is 0 Å². The molecule has 0 atom stereocenters. The van der Waals surface area contributed by atoms with E-state index in [1.807, 2.05) is 13.8 Å². The molecule has 1 aliphatic heterocycles. The molecule has 0 saturated carbocycles. The van der Waals surface area contributed by atoms with Gasteiger partial charge in [0.1, 0.15) is 17.2 Å². The minimum atomic E-state index is -2.11. The number of hydrogen-bond acceptors (Lipinski definition) is 7. The monoisotopic (exact) mass is 599 g/mol. The molecule has 5 rings (SSSR count). The SMILES string of the molecule is C=CC(=O)N1CCN(c2nc(=O)n(-c3c(C)ccnc3C(C)C)c3nc(-c4c(F)c(N)c(F)c(F)c4F)c(F)cc23)CC1. The summed E-state index contributed by atoms with van der Waals surface area (Å²) in [4.78, 5) is 41.8. The van der Waals surface area contributed by atoms with Gasteiger partial charge in [-0.25, -0.2) is 36.3 Å². The van der Waals surface area contributed by atoms with Crippen LogP contribution in [0.25, 0.3) is 28.0 Å². The molecule has 1 amide bonds. The second-order valence-corrected chi connectivity index (χ2v) is 10.3. The van der Waals surface area contributed by atoms with Gasteiger partial charge < -0.3 is 15.5 Å². The van der Waals surface area contributed by atoms with Crippen LogP contribution in [-0.4, -0.2) is 56.5 Å². The first-order chi connectivity index (χ1) is 20.4. The van der Waals surface area contributed by atoms with Crippen molar-refractivity contribution in [3.63, 3.8) is 0 Å². The number of rotatable bonds is 5. The standard InChI is InChI=1S/C29H26F5N7O2/c1-5-17(42)39-8-10-40(11-9-39)27-15-12-16(30)25(18-19(31)21(33)22(34)23(35)20(18)32)37-28(15)41(29(43)38-27)26-14(4)6-7-36-24(26)13(2)3/h5-7,12-13H,1,8-11,35H2,2-4H3. The lowest BCUT2D eigenvalue weighted by atomic mass is 10.0. The molecule has 1 aliphatic rings. The molecular formula is C29H26F5N7O2. The van der Waals surface area contributed by atoms with E-state index in [0.717, 1.165) is 10.6 Å². The zero-order chi connectivity index (χ0) is 31.3. The van der Waals surface area contributed by atoms with Crippen LogP contribution in [0.15, 0.2) is 35.8 Å². The number of benzene rings is 1. The van der Waals surface area contributed by atoms with Gasteiger partial charge >= 0.3 is 5.69 Å². The Kier molecular flexibility index (Phi) is 7.63. The molecule has 4 heterocycles. The number of nitrogen functional groups attached to an aromatic ring is 1. The number of hydrogen-bond donors (Lipinski definition) is 1. The molecule has 1 aromatic carbocycles. The van der Waals surface area contributed by atoms with E-state index in [0.29, 0.717) is 11.3 Å². The number of carbonyl (C=O) groups is 1. The van der Waals surface area contributed by atoms with Crippen LogP contribution >= 0.6 is 0 Å². The van der Waals surface area contributed by atoms with Crippen LogP contribution < -0.4 is 16.3 Å². The van der Waals surface area contributed by atoms with Gasteiger partial charge in [0, 0.05) is 32.4 Å². The number of anilines is 2. The van der Waals surface area contributed by atoms with Gasteiger partial charge in [-0.15, -0.1) is 0 Å². The second-order valence-electron chi connectivity index (χ2n) is 10.3. The fourth-order valence-electron chi connectivity index (χ4n) is 5.14. The molecule has 9 nitrogen and oxygen atoms in total. The average Bonchev–Trinajstić information content (AvgIpc) is 2.99. The Hall–Kier alpha value is -4.88. The van der Waals surface area contributed by atoms with E-state index in [4.69, 9.17) is 5.73 Å². The highest BCUT2D eigenvalue weighted by Crippen LogP contribution is 2.37. The van der Waals surface area contributed by atoms with E-state index >= 15 is 8.78 Å². The van der Waals surface area contributed by atoms with Gasteiger partial charge in [0.15, 0.2) is 34.7 Å². The van der Waals surface area contributed by atoms with Gasteiger partial charge in [-0.05, 0) is 36.6 Å². The minimum Gasteiger partial charge on any atom is -0.394 e. The van der Waals surface area contributed by atoms with E-state index in [1.165, 1.54) is 11.0 Å². The van der Waals surface area contributed by atoms with Gasteiger partial charge in [-0.3, -0.25) is 9.78 Å². The third kappa shape index (κ3) is 4.85. The topological polar surface area (TPSA) is 110 Å². The number of aryl methyl sites for hydroxylation is 1. The van der Waals surface area contributed by atoms with Gasteiger partial charge in [0.25, 0.3) is 0 Å². The van der Waals surface area contributed by atoms with Gasteiger partial charge in [-0.1, -0.05) is 20.4 Å². The third-order valence-electron chi connectivity index (χ3n) is 7.33. The number of amides is 1. The summed E-state index contributed by atoms with van der Waals surface area (Å²) in [5.74, 6) is -9.67. The second kappa shape index (κ2) is 11.1. The van der Waals surface area contributed by atoms with Crippen molar-refractivity contribution in [3.05, 3.63) is 81.8 Å². The molecule has 3 aromatic heterocycles. The number of carbonyl (C=O) groups excluding carboxylic acids is 1. The fraction of sp³-hybridized carbons (Fsp3) is 0.276. The van der Waals surface area contributed by atoms with Gasteiger partial charge in [0.05, 0.1) is 22.3 Å². The highest BCUT2D eigenvalue weighted by molar-refractivity contribution is 5.91. The van der Waals surface area contributed by atoms with E-state index in [9.17, 15) is 22.8 Å². The smallest absolute Gasteiger partial charge is 0.355 e. The average molecular weight is 600 g/mol. The van der Waals surface area contributed by atoms with Crippen molar-refractivity contribution in [2.75, 3.05) is 36.8 Å². The summed E-state index contributed by atoms with van der Waals surface area (Å²) in [7, 11) is 0. The Morgan fingerprint density at radius 1 is 1.02 bits per heavy atom. The van der Waals surface area contributed by atoms with Crippen molar-refractivity contribution in [3.8, 4) is 16.9 Å². The lowest BCUT2D eigenvalue weighted by molar-refractivity contribution is -0.126. The van der Waals surface area contributed by atoms with Crippen LogP contribution in [0.1, 0.15) is 31.0 Å². The van der Waals surface area contributed by atoms with Crippen molar-refractivity contribution in [2.24, 2.45) is 0 Å². The number of nitrogens with zero attached hydrogens (tertiary/aromatic N) is 6.